The van der Waals surface area contributed by atoms with Crippen LogP contribution in [0.25, 0.3) is 0 Å². The molecule has 2 aliphatic heterocycles. The molecule has 2 heterocycles. The smallest absolute Gasteiger partial charge is 0.322 e. The molecular weight excluding hydrogens is 250 g/mol. The molecule has 1 amide bonds. The second-order valence-electron chi connectivity index (χ2n) is 5.05. The minimum atomic E-state index is -0.879. The molecule has 2 aliphatic rings. The molecule has 0 saturated carbocycles. The molecule has 2 fully saturated rings. The lowest BCUT2D eigenvalue weighted by Crippen LogP contribution is -2.58. The SMILES string of the molecule is CC1CN(C(=O)CN2CCNCC2C(=O)O)CCO1. The summed E-state index contributed by atoms with van der Waals surface area (Å²) in [6.45, 7) is 5.53. The van der Waals surface area contributed by atoms with Gasteiger partial charge < -0.3 is 20.1 Å². The number of morpholine rings is 1. The maximum atomic E-state index is 12.2. The van der Waals surface area contributed by atoms with E-state index in [1.807, 2.05) is 6.92 Å². The van der Waals surface area contributed by atoms with Crippen LogP contribution in [0.1, 0.15) is 6.92 Å². The van der Waals surface area contributed by atoms with Crippen LogP contribution in [0.4, 0.5) is 0 Å². The minimum Gasteiger partial charge on any atom is -0.480 e. The number of aliphatic carboxylic acids is 1. The van der Waals surface area contributed by atoms with Crippen LogP contribution in [0.15, 0.2) is 0 Å². The number of carbonyl (C=O) groups is 2. The van der Waals surface area contributed by atoms with E-state index in [0.717, 1.165) is 6.54 Å². The Hall–Kier alpha value is -1.18. The van der Waals surface area contributed by atoms with Gasteiger partial charge >= 0.3 is 5.97 Å². The summed E-state index contributed by atoms with van der Waals surface area (Å²) < 4.78 is 5.40. The lowest BCUT2D eigenvalue weighted by Gasteiger charge is -2.36. The Bertz CT molecular complexity index is 350. The van der Waals surface area contributed by atoms with Crippen LogP contribution in [0.3, 0.4) is 0 Å². The van der Waals surface area contributed by atoms with Crippen molar-refractivity contribution < 1.29 is 19.4 Å². The average molecular weight is 271 g/mol. The number of piperazine rings is 1. The van der Waals surface area contributed by atoms with E-state index in [2.05, 4.69) is 5.32 Å². The second-order valence-corrected chi connectivity index (χ2v) is 5.05. The maximum absolute atomic E-state index is 12.2. The molecule has 2 saturated heterocycles. The third-order valence-corrected chi connectivity index (χ3v) is 3.57. The molecule has 7 heteroatoms. The van der Waals surface area contributed by atoms with Crippen molar-refractivity contribution >= 4 is 11.9 Å². The van der Waals surface area contributed by atoms with Crippen LogP contribution in [-0.4, -0.2) is 84.8 Å². The number of carboxylic acids is 1. The van der Waals surface area contributed by atoms with Crippen molar-refractivity contribution in [3.63, 3.8) is 0 Å². The van der Waals surface area contributed by atoms with Gasteiger partial charge in [0.15, 0.2) is 0 Å². The highest BCUT2D eigenvalue weighted by atomic mass is 16.5. The standard InChI is InChI=1S/C12H21N3O4/c1-9-7-15(4-5-19-9)11(16)8-14-3-2-13-6-10(14)12(17)18/h9-10,13H,2-8H2,1H3,(H,17,18). The van der Waals surface area contributed by atoms with Crippen LogP contribution >= 0.6 is 0 Å². The summed E-state index contributed by atoms with van der Waals surface area (Å²) in [6.07, 6.45) is 0.0518. The molecule has 7 nitrogen and oxygen atoms in total. The molecular formula is C12H21N3O4. The van der Waals surface area contributed by atoms with Gasteiger partial charge in [-0.2, -0.15) is 0 Å². The molecule has 0 bridgehead atoms. The molecule has 2 atom stereocenters. The third kappa shape index (κ3) is 3.65. The van der Waals surface area contributed by atoms with Crippen molar-refractivity contribution in [3.8, 4) is 0 Å². The fraction of sp³-hybridized carbons (Fsp3) is 0.833. The first-order chi connectivity index (χ1) is 9.08. The Balaban J connectivity index is 1.91. The second kappa shape index (κ2) is 6.31. The highest BCUT2D eigenvalue weighted by Crippen LogP contribution is 2.08. The van der Waals surface area contributed by atoms with E-state index in [-0.39, 0.29) is 18.6 Å². The van der Waals surface area contributed by atoms with Crippen LogP contribution < -0.4 is 5.32 Å². The van der Waals surface area contributed by atoms with Crippen molar-refractivity contribution in [2.24, 2.45) is 0 Å². The molecule has 0 radical (unpaired) electrons. The van der Waals surface area contributed by atoms with Gasteiger partial charge in [-0.05, 0) is 6.92 Å². The van der Waals surface area contributed by atoms with Crippen molar-refractivity contribution in [2.45, 2.75) is 19.1 Å². The molecule has 108 valence electrons. The van der Waals surface area contributed by atoms with E-state index in [0.29, 0.717) is 32.8 Å². The van der Waals surface area contributed by atoms with Crippen LogP contribution in [-0.2, 0) is 14.3 Å². The molecule has 2 N–H and O–H groups in total. The first-order valence-corrected chi connectivity index (χ1v) is 6.65. The van der Waals surface area contributed by atoms with E-state index in [4.69, 9.17) is 9.84 Å². The van der Waals surface area contributed by atoms with Gasteiger partial charge in [-0.15, -0.1) is 0 Å². The molecule has 0 aromatic rings. The lowest BCUT2D eigenvalue weighted by atomic mass is 10.2. The summed E-state index contributed by atoms with van der Waals surface area (Å²) in [5, 5.41) is 12.2. The van der Waals surface area contributed by atoms with Crippen molar-refractivity contribution in [3.05, 3.63) is 0 Å². The Morgan fingerprint density at radius 2 is 2.21 bits per heavy atom. The van der Waals surface area contributed by atoms with Crippen molar-refractivity contribution in [1.82, 2.24) is 15.1 Å². The number of carboxylic acid groups (broad SMARTS) is 1. The quantitative estimate of drug-likeness (QED) is 0.656. The normalized spacial score (nSPS) is 29.2. The average Bonchev–Trinajstić information content (AvgIpc) is 2.39. The number of amides is 1. The summed E-state index contributed by atoms with van der Waals surface area (Å²) in [5.74, 6) is -0.890. The van der Waals surface area contributed by atoms with Gasteiger partial charge in [-0.3, -0.25) is 14.5 Å². The molecule has 2 rings (SSSR count). The first kappa shape index (κ1) is 14.2. The minimum absolute atomic E-state index is 0.0108. The Morgan fingerprint density at radius 3 is 2.89 bits per heavy atom. The number of hydrogen-bond acceptors (Lipinski definition) is 5. The van der Waals surface area contributed by atoms with Crippen LogP contribution in [0.2, 0.25) is 0 Å². The number of hydrogen-bond donors (Lipinski definition) is 2. The van der Waals surface area contributed by atoms with Gasteiger partial charge in [0, 0.05) is 32.7 Å². The zero-order valence-electron chi connectivity index (χ0n) is 11.2. The number of nitrogens with zero attached hydrogens (tertiary/aromatic N) is 2. The van der Waals surface area contributed by atoms with Crippen molar-refractivity contribution in [2.75, 3.05) is 45.9 Å². The lowest BCUT2D eigenvalue weighted by molar-refractivity contribution is -0.147. The summed E-state index contributed by atoms with van der Waals surface area (Å²) in [4.78, 5) is 26.8. The van der Waals surface area contributed by atoms with E-state index >= 15 is 0 Å². The molecule has 2 unspecified atom stereocenters. The highest BCUT2D eigenvalue weighted by Gasteiger charge is 2.31. The molecule has 0 aromatic heterocycles. The zero-order valence-corrected chi connectivity index (χ0v) is 11.2. The predicted molar refractivity (Wildman–Crippen MR) is 67.9 cm³/mol. The van der Waals surface area contributed by atoms with Crippen LogP contribution in [0, 0.1) is 0 Å². The number of nitrogens with one attached hydrogen (secondary N) is 1. The zero-order chi connectivity index (χ0) is 13.8. The number of carbonyl (C=O) groups excluding carboxylic acids is 1. The summed E-state index contributed by atoms with van der Waals surface area (Å²) >= 11 is 0. The van der Waals surface area contributed by atoms with Gasteiger partial charge in [0.05, 0.1) is 19.3 Å². The topological polar surface area (TPSA) is 82.1 Å². The predicted octanol–water partition coefficient (Wildman–Crippen LogP) is -1.41. The van der Waals surface area contributed by atoms with Crippen molar-refractivity contribution in [1.29, 1.82) is 0 Å². The van der Waals surface area contributed by atoms with E-state index in [1.54, 1.807) is 9.80 Å². The number of rotatable bonds is 3. The van der Waals surface area contributed by atoms with E-state index in [1.165, 1.54) is 0 Å². The Labute approximate surface area is 112 Å². The van der Waals surface area contributed by atoms with Gasteiger partial charge in [0.25, 0.3) is 0 Å². The largest absolute Gasteiger partial charge is 0.480 e. The first-order valence-electron chi connectivity index (χ1n) is 6.65. The Kier molecular flexibility index (Phi) is 4.73. The summed E-state index contributed by atoms with van der Waals surface area (Å²) in [7, 11) is 0. The van der Waals surface area contributed by atoms with E-state index in [9.17, 15) is 9.59 Å². The summed E-state index contributed by atoms with van der Waals surface area (Å²) in [6, 6.07) is -0.615. The van der Waals surface area contributed by atoms with Gasteiger partial charge in [0.1, 0.15) is 6.04 Å². The highest BCUT2D eigenvalue weighted by molar-refractivity contribution is 5.80. The number of ether oxygens (including phenoxy) is 1. The monoisotopic (exact) mass is 271 g/mol. The fourth-order valence-electron chi connectivity index (χ4n) is 2.50. The molecule has 0 aliphatic carbocycles. The Morgan fingerprint density at radius 1 is 1.42 bits per heavy atom. The van der Waals surface area contributed by atoms with Gasteiger partial charge in [-0.1, -0.05) is 0 Å². The maximum Gasteiger partial charge on any atom is 0.322 e. The molecule has 0 spiro atoms. The summed E-state index contributed by atoms with van der Waals surface area (Å²) in [5.41, 5.74) is 0. The third-order valence-electron chi connectivity index (χ3n) is 3.57. The molecule has 19 heavy (non-hydrogen) atoms. The van der Waals surface area contributed by atoms with Gasteiger partial charge in [-0.25, -0.2) is 0 Å². The fourth-order valence-corrected chi connectivity index (χ4v) is 2.50. The van der Waals surface area contributed by atoms with Crippen LogP contribution in [0.5, 0.6) is 0 Å². The van der Waals surface area contributed by atoms with Gasteiger partial charge in [0.2, 0.25) is 5.91 Å². The molecule has 0 aromatic carbocycles. The van der Waals surface area contributed by atoms with E-state index < -0.39 is 12.0 Å².